The summed E-state index contributed by atoms with van der Waals surface area (Å²) in [5.41, 5.74) is 8.84. The Kier molecular flexibility index (Phi) is 12.1. The van der Waals surface area contributed by atoms with E-state index in [1.54, 1.807) is 16.1 Å². The minimum absolute atomic E-state index is 0.0709. The maximum Gasteiger partial charge on any atom is 0.573 e. The zero-order chi connectivity index (χ0) is 37.5. The Bertz CT molecular complexity index is 1760. The number of aromatic nitrogens is 2. The number of nitrogens with zero attached hydrogens (tertiary/aromatic N) is 6. The molecule has 2 aromatic carbocycles. The number of aliphatic hydroxyl groups excluding tert-OH is 1. The number of anilines is 2. The highest BCUT2D eigenvalue weighted by Crippen LogP contribution is 2.34. The molecular weight excluding hydrogens is 697 g/mol. The molecular formula is C36H45F3N8O6. The number of ether oxygens (including phenoxy) is 2. The van der Waals surface area contributed by atoms with Gasteiger partial charge < -0.3 is 40.3 Å². The van der Waals surface area contributed by atoms with Crippen molar-refractivity contribution < 1.29 is 42.1 Å². The number of rotatable bonds is 12. The highest BCUT2D eigenvalue weighted by Gasteiger charge is 2.32. The smallest absolute Gasteiger partial charge is 0.406 e. The van der Waals surface area contributed by atoms with Crippen LogP contribution in [0.2, 0.25) is 0 Å². The van der Waals surface area contributed by atoms with E-state index >= 15 is 0 Å². The molecule has 3 fully saturated rings. The zero-order valence-electron chi connectivity index (χ0n) is 29.4. The minimum atomic E-state index is -4.85. The Labute approximate surface area is 305 Å². The third-order valence-electron chi connectivity index (χ3n) is 10.0. The number of hydrogen-bond acceptors (Lipinski definition) is 11. The highest BCUT2D eigenvalue weighted by atomic mass is 19.4. The molecule has 0 aliphatic carbocycles. The molecule has 1 aromatic heterocycles. The summed E-state index contributed by atoms with van der Waals surface area (Å²) in [5.74, 6) is -1.13. The fourth-order valence-corrected chi connectivity index (χ4v) is 7.08. The number of aliphatic hydroxyl groups is 1. The number of fused-ring (bicyclic) bond motifs is 1. The first kappa shape index (κ1) is 38.0. The molecule has 3 aliphatic heterocycles. The minimum Gasteiger partial charge on any atom is -0.406 e. The number of benzene rings is 2. The second-order valence-corrected chi connectivity index (χ2v) is 13.6. The van der Waals surface area contributed by atoms with E-state index in [1.807, 2.05) is 0 Å². The topological polar surface area (TPSA) is 167 Å². The van der Waals surface area contributed by atoms with E-state index in [9.17, 15) is 32.7 Å². The number of carbonyl (C=O) groups excluding carboxylic acids is 3. The van der Waals surface area contributed by atoms with Gasteiger partial charge in [-0.05, 0) is 49.6 Å². The van der Waals surface area contributed by atoms with Gasteiger partial charge >= 0.3 is 6.36 Å². The molecule has 4 heterocycles. The molecule has 0 spiro atoms. The van der Waals surface area contributed by atoms with Gasteiger partial charge in [-0.15, -0.1) is 13.2 Å². The number of alkyl halides is 3. The van der Waals surface area contributed by atoms with E-state index in [1.165, 1.54) is 6.07 Å². The van der Waals surface area contributed by atoms with Gasteiger partial charge in [-0.2, -0.15) is 0 Å². The van der Waals surface area contributed by atoms with Crippen molar-refractivity contribution in [1.29, 1.82) is 0 Å². The third-order valence-corrected chi connectivity index (χ3v) is 10.0. The van der Waals surface area contributed by atoms with Gasteiger partial charge in [-0.1, -0.05) is 0 Å². The number of piperidine rings is 1. The van der Waals surface area contributed by atoms with Crippen molar-refractivity contribution in [3.8, 4) is 5.75 Å². The summed E-state index contributed by atoms with van der Waals surface area (Å²) >= 11 is 0. The molecule has 1 unspecified atom stereocenters. The predicted molar refractivity (Wildman–Crippen MR) is 189 cm³/mol. The second-order valence-electron chi connectivity index (χ2n) is 13.6. The van der Waals surface area contributed by atoms with E-state index < -0.39 is 18.2 Å². The van der Waals surface area contributed by atoms with E-state index in [-0.39, 0.29) is 54.5 Å². The van der Waals surface area contributed by atoms with Crippen molar-refractivity contribution in [2.24, 2.45) is 0 Å². The molecule has 14 nitrogen and oxygen atoms in total. The summed E-state index contributed by atoms with van der Waals surface area (Å²) in [7, 11) is 0. The average Bonchev–Trinajstić information content (AvgIpc) is 3.59. The Morgan fingerprint density at radius 3 is 2.38 bits per heavy atom. The Hall–Kier alpha value is -4.74. The van der Waals surface area contributed by atoms with Gasteiger partial charge in [0.1, 0.15) is 12.1 Å². The highest BCUT2D eigenvalue weighted by molar-refractivity contribution is 5.99. The number of carbonyl (C=O) groups is 3. The Morgan fingerprint density at radius 2 is 1.68 bits per heavy atom. The summed E-state index contributed by atoms with van der Waals surface area (Å²) < 4.78 is 47.3. The predicted octanol–water partition coefficient (Wildman–Crippen LogP) is 2.37. The first-order valence-corrected chi connectivity index (χ1v) is 17.9. The summed E-state index contributed by atoms with van der Waals surface area (Å²) in [6.45, 7) is 6.58. The van der Waals surface area contributed by atoms with Gasteiger partial charge in [-0.25, -0.2) is 9.97 Å². The maximum absolute atomic E-state index is 13.2. The Morgan fingerprint density at radius 1 is 0.925 bits per heavy atom. The van der Waals surface area contributed by atoms with Gasteiger partial charge in [0.2, 0.25) is 11.8 Å². The van der Waals surface area contributed by atoms with Crippen LogP contribution in [0.4, 0.5) is 24.5 Å². The molecule has 3 aliphatic rings. The fourth-order valence-electron chi connectivity index (χ4n) is 7.08. The van der Waals surface area contributed by atoms with E-state index in [4.69, 9.17) is 10.5 Å². The van der Waals surface area contributed by atoms with Crippen LogP contribution >= 0.6 is 0 Å². The van der Waals surface area contributed by atoms with Gasteiger partial charge in [0.15, 0.2) is 0 Å². The van der Waals surface area contributed by atoms with E-state index in [0.717, 1.165) is 67.1 Å². The van der Waals surface area contributed by atoms with Crippen LogP contribution in [0.5, 0.6) is 5.75 Å². The number of likely N-dealkylation sites (tertiary alicyclic amines) is 2. The standard InChI is InChI=1S/C36H45F3N8O6/c37-36(38,39)53-27-2-4-28(30(40)20-27)35(51)46-9-5-24(6-10-46)34-29-3-1-25(19-31(29)42-23-43-34)45-14-12-44(13-15-45)16-18-52-17-8-32(49)41-21-33(50)47-11-7-26(48)22-47/h1-4,19-20,23-24,26,48H,5-18,21-22,40H2,(H,41,49). The van der Waals surface area contributed by atoms with Crippen LogP contribution in [0.25, 0.3) is 10.9 Å². The summed E-state index contributed by atoms with van der Waals surface area (Å²) in [4.78, 5) is 54.4. The molecule has 3 saturated heterocycles. The first-order chi connectivity index (χ1) is 25.4. The third kappa shape index (κ3) is 10.0. The fraction of sp³-hybridized carbons (Fsp3) is 0.528. The molecule has 4 N–H and O–H groups in total. The van der Waals surface area contributed by atoms with Crippen LogP contribution < -0.4 is 20.7 Å². The van der Waals surface area contributed by atoms with Crippen molar-refractivity contribution >= 4 is 40.0 Å². The van der Waals surface area contributed by atoms with E-state index in [2.05, 4.69) is 48.0 Å². The number of β-amino-alcohol motifs (C(OH)–C–C–N with tert-alkyl or cyclic N) is 1. The van der Waals surface area contributed by atoms with Gasteiger partial charge in [0, 0.05) is 94.1 Å². The van der Waals surface area contributed by atoms with Crippen molar-refractivity contribution in [2.75, 3.05) is 89.3 Å². The van der Waals surface area contributed by atoms with Crippen LogP contribution in [0.15, 0.2) is 42.7 Å². The lowest BCUT2D eigenvalue weighted by Gasteiger charge is -2.36. The van der Waals surface area contributed by atoms with Gasteiger partial charge in [0.25, 0.3) is 5.91 Å². The molecule has 0 saturated carbocycles. The number of halogens is 3. The van der Waals surface area contributed by atoms with Crippen LogP contribution in [0.3, 0.4) is 0 Å². The lowest BCUT2D eigenvalue weighted by molar-refractivity contribution is -0.274. The monoisotopic (exact) mass is 742 g/mol. The molecule has 286 valence electrons. The number of piperazine rings is 1. The SMILES string of the molecule is Nc1cc(OC(F)(F)F)ccc1C(=O)N1CCC(c2ncnc3cc(N4CCN(CCOCCC(=O)NCC(=O)N5CCC(O)C5)CC4)ccc23)CC1. The molecule has 6 rings (SSSR count). The second kappa shape index (κ2) is 16.9. The molecule has 53 heavy (non-hydrogen) atoms. The normalized spacial score (nSPS) is 18.8. The number of amides is 3. The van der Waals surface area contributed by atoms with Crippen molar-refractivity contribution in [2.45, 2.75) is 44.1 Å². The molecule has 0 radical (unpaired) electrons. The van der Waals surface area contributed by atoms with Crippen LogP contribution in [-0.4, -0.2) is 139 Å². The number of nitrogen functional groups attached to an aromatic ring is 1. The van der Waals surface area contributed by atoms with E-state index in [0.29, 0.717) is 52.0 Å². The zero-order valence-corrected chi connectivity index (χ0v) is 29.4. The number of hydrogen-bond donors (Lipinski definition) is 3. The maximum atomic E-state index is 13.2. The number of nitrogens with one attached hydrogen (secondary N) is 1. The average molecular weight is 743 g/mol. The number of nitrogens with two attached hydrogens (primary N) is 1. The lowest BCUT2D eigenvalue weighted by atomic mass is 9.90. The summed E-state index contributed by atoms with van der Waals surface area (Å²) in [5, 5.41) is 13.2. The lowest BCUT2D eigenvalue weighted by Crippen LogP contribution is -2.47. The first-order valence-electron chi connectivity index (χ1n) is 17.9. The van der Waals surface area contributed by atoms with Crippen LogP contribution in [-0.2, 0) is 14.3 Å². The van der Waals surface area contributed by atoms with Crippen molar-refractivity contribution in [3.05, 3.63) is 54.0 Å². The summed E-state index contributed by atoms with van der Waals surface area (Å²) in [6.07, 6.45) is -1.69. The van der Waals surface area contributed by atoms with Crippen LogP contribution in [0, 0.1) is 0 Å². The molecule has 17 heteroatoms. The molecule has 3 aromatic rings. The van der Waals surface area contributed by atoms with Crippen molar-refractivity contribution in [1.82, 2.24) is 30.0 Å². The Balaban J connectivity index is 0.920. The molecule has 3 amide bonds. The molecule has 0 bridgehead atoms. The van der Waals surface area contributed by atoms with Crippen molar-refractivity contribution in [3.63, 3.8) is 0 Å². The quantitative estimate of drug-likeness (QED) is 0.184. The molecule has 1 atom stereocenters. The van der Waals surface area contributed by atoms with Crippen LogP contribution in [0.1, 0.15) is 47.7 Å². The largest absolute Gasteiger partial charge is 0.573 e. The van der Waals surface area contributed by atoms with Gasteiger partial charge in [-0.3, -0.25) is 19.3 Å². The summed E-state index contributed by atoms with van der Waals surface area (Å²) in [6, 6.07) is 9.60. The van der Waals surface area contributed by atoms with Gasteiger partial charge in [0.05, 0.1) is 42.6 Å².